The predicted molar refractivity (Wildman–Crippen MR) is 60.9 cm³/mol. The van der Waals surface area contributed by atoms with Crippen molar-refractivity contribution < 1.29 is 0 Å². The van der Waals surface area contributed by atoms with Crippen LogP contribution in [-0.2, 0) is 0 Å². The molecule has 1 aromatic rings. The van der Waals surface area contributed by atoms with Crippen LogP contribution >= 0.6 is 0 Å². The Balaban J connectivity index is 2.99. The molecule has 0 fully saturated rings. The number of aromatic nitrogens is 2. The van der Waals surface area contributed by atoms with E-state index in [0.717, 1.165) is 17.1 Å². The van der Waals surface area contributed by atoms with Gasteiger partial charge >= 0.3 is 0 Å². The molecular formula is C12H16N2. The Morgan fingerprint density at radius 3 is 2.64 bits per heavy atom. The minimum absolute atomic E-state index is 0.941. The van der Waals surface area contributed by atoms with Crippen LogP contribution in [0, 0.1) is 6.92 Å². The van der Waals surface area contributed by atoms with Crippen LogP contribution in [0.15, 0.2) is 36.6 Å². The summed E-state index contributed by atoms with van der Waals surface area (Å²) in [5, 5.41) is 0. The first-order chi connectivity index (χ1) is 6.77. The fraction of sp³-hybridized carbons (Fsp3) is 0.250. The summed E-state index contributed by atoms with van der Waals surface area (Å²) in [5.41, 5.74) is 2.20. The Morgan fingerprint density at radius 1 is 1.36 bits per heavy atom. The van der Waals surface area contributed by atoms with Gasteiger partial charge in [0, 0.05) is 0 Å². The van der Waals surface area contributed by atoms with E-state index in [1.807, 2.05) is 45.2 Å². The van der Waals surface area contributed by atoms with Gasteiger partial charge in [-0.1, -0.05) is 30.4 Å². The van der Waals surface area contributed by atoms with Crippen molar-refractivity contribution in [2.24, 2.45) is 0 Å². The van der Waals surface area contributed by atoms with Gasteiger partial charge in [0.15, 0.2) is 0 Å². The van der Waals surface area contributed by atoms with E-state index < -0.39 is 0 Å². The van der Waals surface area contributed by atoms with Crippen LogP contribution in [0.5, 0.6) is 0 Å². The molecule has 2 heteroatoms. The normalized spacial score (nSPS) is 13.2. The van der Waals surface area contributed by atoms with Gasteiger partial charge in [-0.2, -0.15) is 0 Å². The maximum Gasteiger partial charge on any atom is 0.103 e. The largest absolute Gasteiger partial charge is 0.342 e. The number of imidazole rings is 1. The Bertz CT molecular complexity index is 367. The van der Waals surface area contributed by atoms with Crippen molar-refractivity contribution in [1.82, 2.24) is 9.97 Å². The maximum atomic E-state index is 4.17. The first kappa shape index (κ1) is 10.5. The smallest absolute Gasteiger partial charge is 0.103 e. The Labute approximate surface area is 85.1 Å². The topological polar surface area (TPSA) is 28.7 Å². The second-order valence-electron chi connectivity index (χ2n) is 3.03. The van der Waals surface area contributed by atoms with E-state index in [4.69, 9.17) is 0 Å². The number of allylic oxidation sites excluding steroid dienone is 6. The summed E-state index contributed by atoms with van der Waals surface area (Å²) in [5.74, 6) is 0.941. The SMILES string of the molecule is C\C=C/C(=C\C=C\C)c1cnc(C)[nH]1. The number of H-pyrrole nitrogens is 1. The van der Waals surface area contributed by atoms with E-state index >= 15 is 0 Å². The van der Waals surface area contributed by atoms with Crippen LogP contribution < -0.4 is 0 Å². The lowest BCUT2D eigenvalue weighted by atomic mass is 10.1. The second kappa shape index (κ2) is 5.22. The molecular weight excluding hydrogens is 172 g/mol. The lowest BCUT2D eigenvalue weighted by Crippen LogP contribution is -1.80. The molecule has 0 bridgehead atoms. The monoisotopic (exact) mass is 188 g/mol. The number of aryl methyl sites for hydroxylation is 1. The molecule has 0 amide bonds. The van der Waals surface area contributed by atoms with Crippen molar-refractivity contribution in [2.75, 3.05) is 0 Å². The third-order valence-corrected chi connectivity index (χ3v) is 1.83. The zero-order valence-electron chi connectivity index (χ0n) is 8.91. The average molecular weight is 188 g/mol. The second-order valence-corrected chi connectivity index (χ2v) is 3.03. The lowest BCUT2D eigenvalue weighted by molar-refractivity contribution is 1.14. The quantitative estimate of drug-likeness (QED) is 0.725. The molecule has 2 nitrogen and oxygen atoms in total. The van der Waals surface area contributed by atoms with Crippen LogP contribution in [0.25, 0.3) is 5.57 Å². The zero-order valence-corrected chi connectivity index (χ0v) is 8.91. The molecule has 1 rings (SSSR count). The first-order valence-corrected chi connectivity index (χ1v) is 4.75. The minimum Gasteiger partial charge on any atom is -0.342 e. The average Bonchev–Trinajstić information content (AvgIpc) is 2.59. The highest BCUT2D eigenvalue weighted by Gasteiger charge is 1.98. The summed E-state index contributed by atoms with van der Waals surface area (Å²) in [6.07, 6.45) is 12.0. The number of aromatic amines is 1. The molecule has 14 heavy (non-hydrogen) atoms. The lowest BCUT2D eigenvalue weighted by Gasteiger charge is -1.95. The third kappa shape index (κ3) is 2.73. The van der Waals surface area contributed by atoms with Crippen LogP contribution in [0.4, 0.5) is 0 Å². The molecule has 0 aliphatic carbocycles. The van der Waals surface area contributed by atoms with Gasteiger partial charge < -0.3 is 4.98 Å². The van der Waals surface area contributed by atoms with Crippen molar-refractivity contribution in [3.8, 4) is 0 Å². The van der Waals surface area contributed by atoms with E-state index in [1.54, 1.807) is 0 Å². The highest BCUT2D eigenvalue weighted by atomic mass is 14.9. The number of nitrogens with zero attached hydrogens (tertiary/aromatic N) is 1. The minimum atomic E-state index is 0.941. The summed E-state index contributed by atoms with van der Waals surface area (Å²) >= 11 is 0. The van der Waals surface area contributed by atoms with Gasteiger partial charge in [-0.15, -0.1) is 0 Å². The fourth-order valence-corrected chi connectivity index (χ4v) is 1.18. The van der Waals surface area contributed by atoms with Gasteiger partial charge in [-0.3, -0.25) is 0 Å². The summed E-state index contributed by atoms with van der Waals surface area (Å²) < 4.78 is 0. The van der Waals surface area contributed by atoms with Crippen LogP contribution in [-0.4, -0.2) is 9.97 Å². The van der Waals surface area contributed by atoms with Crippen molar-refractivity contribution in [1.29, 1.82) is 0 Å². The van der Waals surface area contributed by atoms with Crippen molar-refractivity contribution in [2.45, 2.75) is 20.8 Å². The highest BCUT2D eigenvalue weighted by Crippen LogP contribution is 2.13. The molecule has 0 spiro atoms. The van der Waals surface area contributed by atoms with Crippen LogP contribution in [0.1, 0.15) is 25.4 Å². The van der Waals surface area contributed by atoms with E-state index in [-0.39, 0.29) is 0 Å². The molecule has 74 valence electrons. The molecule has 0 unspecified atom stereocenters. The molecule has 1 aromatic heterocycles. The highest BCUT2D eigenvalue weighted by molar-refractivity contribution is 5.72. The maximum absolute atomic E-state index is 4.17. The summed E-state index contributed by atoms with van der Waals surface area (Å²) in [6.45, 7) is 5.96. The van der Waals surface area contributed by atoms with E-state index in [1.165, 1.54) is 0 Å². The molecule has 0 radical (unpaired) electrons. The van der Waals surface area contributed by atoms with Gasteiger partial charge in [0.2, 0.25) is 0 Å². The standard InChI is InChI=1S/C12H16N2/c1-4-6-8-11(7-5-2)12-9-13-10(3)14-12/h4-9H,1-3H3,(H,13,14)/b6-4+,7-5-,11-8+. The van der Waals surface area contributed by atoms with Crippen molar-refractivity contribution in [3.05, 3.63) is 48.1 Å². The summed E-state index contributed by atoms with van der Waals surface area (Å²) in [6, 6.07) is 0. The number of nitrogens with one attached hydrogen (secondary N) is 1. The Kier molecular flexibility index (Phi) is 3.92. The number of hydrogen-bond donors (Lipinski definition) is 1. The summed E-state index contributed by atoms with van der Waals surface area (Å²) in [4.78, 5) is 7.38. The van der Waals surface area contributed by atoms with Gasteiger partial charge in [0.25, 0.3) is 0 Å². The van der Waals surface area contributed by atoms with Gasteiger partial charge in [0.05, 0.1) is 11.9 Å². The van der Waals surface area contributed by atoms with E-state index in [2.05, 4.69) is 22.1 Å². The molecule has 1 heterocycles. The van der Waals surface area contributed by atoms with Crippen molar-refractivity contribution >= 4 is 5.57 Å². The van der Waals surface area contributed by atoms with Gasteiger partial charge in [-0.05, 0) is 26.3 Å². The first-order valence-electron chi connectivity index (χ1n) is 4.75. The molecule has 0 atom stereocenters. The van der Waals surface area contributed by atoms with E-state index in [0.29, 0.717) is 0 Å². The number of rotatable bonds is 3. The molecule has 0 saturated carbocycles. The Morgan fingerprint density at radius 2 is 2.14 bits per heavy atom. The van der Waals surface area contributed by atoms with Crippen LogP contribution in [0.2, 0.25) is 0 Å². The molecule has 0 aliphatic rings. The van der Waals surface area contributed by atoms with Crippen LogP contribution in [0.3, 0.4) is 0 Å². The molecule has 1 N–H and O–H groups in total. The predicted octanol–water partition coefficient (Wildman–Crippen LogP) is 3.25. The molecule has 0 aliphatic heterocycles. The van der Waals surface area contributed by atoms with Gasteiger partial charge in [-0.25, -0.2) is 4.98 Å². The number of hydrogen-bond acceptors (Lipinski definition) is 1. The molecule has 0 aromatic carbocycles. The fourth-order valence-electron chi connectivity index (χ4n) is 1.18. The summed E-state index contributed by atoms with van der Waals surface area (Å²) in [7, 11) is 0. The van der Waals surface area contributed by atoms with E-state index in [9.17, 15) is 0 Å². The zero-order chi connectivity index (χ0) is 10.4. The van der Waals surface area contributed by atoms with Crippen molar-refractivity contribution in [3.63, 3.8) is 0 Å². The molecule has 0 saturated heterocycles. The van der Waals surface area contributed by atoms with Gasteiger partial charge in [0.1, 0.15) is 5.82 Å². The Hall–Kier alpha value is -1.57. The third-order valence-electron chi connectivity index (χ3n) is 1.83.